The number of hydrogen-bond acceptors (Lipinski definition) is 1. The Morgan fingerprint density at radius 1 is 1.19 bits per heavy atom. The molecular weight excluding hydrogens is 203 g/mol. The van der Waals surface area contributed by atoms with Gasteiger partial charge < -0.3 is 5.11 Å². The summed E-state index contributed by atoms with van der Waals surface area (Å²) < 4.78 is 12.9. The van der Waals surface area contributed by atoms with E-state index in [1.165, 1.54) is 18.9 Å². The minimum absolute atomic E-state index is 0.227. The molecule has 0 heterocycles. The molecule has 1 rings (SSSR count). The van der Waals surface area contributed by atoms with Crippen molar-refractivity contribution >= 4 is 0 Å². The highest BCUT2D eigenvalue weighted by molar-refractivity contribution is 5.31. The Morgan fingerprint density at radius 2 is 1.94 bits per heavy atom. The zero-order valence-corrected chi connectivity index (χ0v) is 10.2. The second-order valence-electron chi connectivity index (χ2n) is 4.34. The van der Waals surface area contributed by atoms with Crippen molar-refractivity contribution in [2.75, 3.05) is 0 Å². The summed E-state index contributed by atoms with van der Waals surface area (Å²) in [6.45, 7) is 4.33. The standard InChI is InChI=1S/C14H21FO/c1-3-5-7-11(6-4-2)12-8-9-13(15)14(16)10-12/h8-11,16H,3-7H2,1-2H3. The van der Waals surface area contributed by atoms with E-state index in [9.17, 15) is 9.50 Å². The van der Waals surface area contributed by atoms with Crippen LogP contribution in [0.2, 0.25) is 0 Å². The van der Waals surface area contributed by atoms with Crippen LogP contribution in [-0.4, -0.2) is 5.11 Å². The quantitative estimate of drug-likeness (QED) is 0.748. The molecule has 1 aromatic rings. The Bertz CT molecular complexity index is 323. The van der Waals surface area contributed by atoms with Crippen LogP contribution in [0.25, 0.3) is 0 Å². The summed E-state index contributed by atoms with van der Waals surface area (Å²) >= 11 is 0. The summed E-state index contributed by atoms with van der Waals surface area (Å²) in [5, 5.41) is 9.37. The summed E-state index contributed by atoms with van der Waals surface area (Å²) in [5.41, 5.74) is 1.06. The van der Waals surface area contributed by atoms with Crippen LogP contribution in [0, 0.1) is 5.82 Å². The molecule has 0 aliphatic heterocycles. The fraction of sp³-hybridized carbons (Fsp3) is 0.571. The van der Waals surface area contributed by atoms with Crippen molar-refractivity contribution in [3.05, 3.63) is 29.6 Å². The number of aromatic hydroxyl groups is 1. The normalized spacial score (nSPS) is 12.7. The van der Waals surface area contributed by atoms with Crippen LogP contribution in [0.5, 0.6) is 5.75 Å². The average molecular weight is 224 g/mol. The van der Waals surface area contributed by atoms with Crippen molar-refractivity contribution in [3.8, 4) is 5.75 Å². The van der Waals surface area contributed by atoms with Crippen molar-refractivity contribution in [1.82, 2.24) is 0 Å². The van der Waals surface area contributed by atoms with Crippen LogP contribution in [-0.2, 0) is 0 Å². The Kier molecular flexibility index (Phi) is 5.30. The van der Waals surface area contributed by atoms with E-state index in [4.69, 9.17) is 0 Å². The Labute approximate surface area is 97.3 Å². The molecule has 0 aromatic heterocycles. The third kappa shape index (κ3) is 3.51. The molecule has 0 bridgehead atoms. The Morgan fingerprint density at radius 3 is 2.50 bits per heavy atom. The lowest BCUT2D eigenvalue weighted by Gasteiger charge is -2.16. The first-order valence-electron chi connectivity index (χ1n) is 6.17. The molecule has 90 valence electrons. The van der Waals surface area contributed by atoms with Gasteiger partial charge >= 0.3 is 0 Å². The van der Waals surface area contributed by atoms with E-state index in [1.54, 1.807) is 12.1 Å². The van der Waals surface area contributed by atoms with Crippen LogP contribution in [0.1, 0.15) is 57.4 Å². The number of phenols is 1. The third-order valence-electron chi connectivity index (χ3n) is 2.98. The highest BCUT2D eigenvalue weighted by atomic mass is 19.1. The van der Waals surface area contributed by atoms with Gasteiger partial charge in [-0.2, -0.15) is 0 Å². The predicted molar refractivity (Wildman–Crippen MR) is 65.2 cm³/mol. The molecule has 0 aliphatic carbocycles. The fourth-order valence-electron chi connectivity index (χ4n) is 2.06. The molecule has 0 spiro atoms. The maximum absolute atomic E-state index is 12.9. The van der Waals surface area contributed by atoms with E-state index in [2.05, 4.69) is 13.8 Å². The molecule has 0 radical (unpaired) electrons. The van der Waals surface area contributed by atoms with Crippen LogP contribution in [0.4, 0.5) is 4.39 Å². The van der Waals surface area contributed by atoms with Gasteiger partial charge in [0, 0.05) is 0 Å². The van der Waals surface area contributed by atoms with Crippen LogP contribution < -0.4 is 0 Å². The first-order chi connectivity index (χ1) is 7.69. The number of halogens is 1. The van der Waals surface area contributed by atoms with E-state index in [1.807, 2.05) is 0 Å². The second kappa shape index (κ2) is 6.51. The van der Waals surface area contributed by atoms with E-state index in [0.29, 0.717) is 5.92 Å². The molecule has 0 aliphatic rings. The summed E-state index contributed by atoms with van der Waals surface area (Å²) in [4.78, 5) is 0. The molecule has 1 N–H and O–H groups in total. The first kappa shape index (κ1) is 13.0. The van der Waals surface area contributed by atoms with Gasteiger partial charge in [-0.25, -0.2) is 4.39 Å². The van der Waals surface area contributed by atoms with Crippen molar-refractivity contribution in [2.24, 2.45) is 0 Å². The van der Waals surface area contributed by atoms with E-state index >= 15 is 0 Å². The molecule has 16 heavy (non-hydrogen) atoms. The summed E-state index contributed by atoms with van der Waals surface area (Å²) in [7, 11) is 0. The topological polar surface area (TPSA) is 20.2 Å². The minimum Gasteiger partial charge on any atom is -0.505 e. The summed E-state index contributed by atoms with van der Waals surface area (Å²) in [5.74, 6) is -0.305. The van der Waals surface area contributed by atoms with Crippen molar-refractivity contribution in [3.63, 3.8) is 0 Å². The van der Waals surface area contributed by atoms with Gasteiger partial charge in [0.2, 0.25) is 0 Å². The molecule has 2 heteroatoms. The van der Waals surface area contributed by atoms with Gasteiger partial charge in [-0.1, -0.05) is 39.2 Å². The van der Waals surface area contributed by atoms with Gasteiger partial charge in [0.05, 0.1) is 0 Å². The van der Waals surface area contributed by atoms with Crippen LogP contribution in [0.3, 0.4) is 0 Å². The molecule has 0 saturated heterocycles. The van der Waals surface area contributed by atoms with Gasteiger partial charge in [-0.3, -0.25) is 0 Å². The summed E-state index contributed by atoms with van der Waals surface area (Å²) in [6.07, 6.45) is 5.70. The molecule has 1 nitrogen and oxygen atoms in total. The third-order valence-corrected chi connectivity index (χ3v) is 2.98. The molecule has 0 fully saturated rings. The first-order valence-corrected chi connectivity index (χ1v) is 6.17. The molecule has 1 atom stereocenters. The summed E-state index contributed by atoms with van der Waals surface area (Å²) in [6, 6.07) is 4.73. The highest BCUT2D eigenvalue weighted by Gasteiger charge is 2.12. The zero-order valence-electron chi connectivity index (χ0n) is 10.2. The van der Waals surface area contributed by atoms with E-state index < -0.39 is 5.82 Å². The van der Waals surface area contributed by atoms with Gasteiger partial charge in [0.1, 0.15) is 0 Å². The molecule has 1 unspecified atom stereocenters. The monoisotopic (exact) mass is 224 g/mol. The van der Waals surface area contributed by atoms with E-state index in [0.717, 1.165) is 24.8 Å². The largest absolute Gasteiger partial charge is 0.505 e. The predicted octanol–water partition coefficient (Wildman–Crippen LogP) is 4.61. The van der Waals surface area contributed by atoms with Crippen molar-refractivity contribution < 1.29 is 9.50 Å². The van der Waals surface area contributed by atoms with Crippen molar-refractivity contribution in [2.45, 2.75) is 51.9 Å². The second-order valence-corrected chi connectivity index (χ2v) is 4.34. The molecule has 0 saturated carbocycles. The fourth-order valence-corrected chi connectivity index (χ4v) is 2.06. The Balaban J connectivity index is 2.78. The SMILES string of the molecule is CCCCC(CCC)c1ccc(F)c(O)c1. The van der Waals surface area contributed by atoms with Crippen LogP contribution in [0.15, 0.2) is 18.2 Å². The van der Waals surface area contributed by atoms with Gasteiger partial charge in [-0.15, -0.1) is 0 Å². The van der Waals surface area contributed by atoms with Gasteiger partial charge in [0.15, 0.2) is 11.6 Å². The van der Waals surface area contributed by atoms with Crippen LogP contribution >= 0.6 is 0 Å². The zero-order chi connectivity index (χ0) is 12.0. The maximum Gasteiger partial charge on any atom is 0.164 e. The van der Waals surface area contributed by atoms with E-state index in [-0.39, 0.29) is 5.75 Å². The number of unbranched alkanes of at least 4 members (excludes halogenated alkanes) is 1. The highest BCUT2D eigenvalue weighted by Crippen LogP contribution is 2.30. The average Bonchev–Trinajstić information content (AvgIpc) is 2.28. The smallest absolute Gasteiger partial charge is 0.164 e. The lowest BCUT2D eigenvalue weighted by Crippen LogP contribution is -1.99. The maximum atomic E-state index is 12.9. The molecule has 1 aromatic carbocycles. The number of hydrogen-bond donors (Lipinski definition) is 1. The number of phenolic OH excluding ortho intramolecular Hbond substituents is 1. The number of rotatable bonds is 6. The lowest BCUT2D eigenvalue weighted by molar-refractivity contribution is 0.429. The van der Waals surface area contributed by atoms with Gasteiger partial charge in [-0.05, 0) is 36.5 Å². The Hall–Kier alpha value is -1.05. The van der Waals surface area contributed by atoms with Gasteiger partial charge in [0.25, 0.3) is 0 Å². The minimum atomic E-state index is -0.533. The number of benzene rings is 1. The molecular formula is C14H21FO. The van der Waals surface area contributed by atoms with Crippen molar-refractivity contribution in [1.29, 1.82) is 0 Å². The molecule has 0 amide bonds. The lowest BCUT2D eigenvalue weighted by atomic mass is 9.89.